The van der Waals surface area contributed by atoms with Gasteiger partial charge in [-0.05, 0) is 36.8 Å². The SMILES string of the molecule is Cc1ccc(S(=O)(=O)NCCc2nc(-c3ccncc3)cs2)cc1Cl. The fourth-order valence-corrected chi connectivity index (χ4v) is 4.31. The molecule has 0 saturated heterocycles. The highest BCUT2D eigenvalue weighted by Gasteiger charge is 2.15. The van der Waals surface area contributed by atoms with Gasteiger partial charge in [-0.1, -0.05) is 17.7 Å². The lowest BCUT2D eigenvalue weighted by Gasteiger charge is -2.07. The summed E-state index contributed by atoms with van der Waals surface area (Å²) in [5, 5.41) is 3.26. The van der Waals surface area contributed by atoms with E-state index in [0.717, 1.165) is 21.8 Å². The third-order valence-corrected chi connectivity index (χ3v) is 6.39. The lowest BCUT2D eigenvalue weighted by molar-refractivity contribution is 0.581. The molecule has 0 saturated carbocycles. The Kier molecular flexibility index (Phi) is 5.48. The number of benzene rings is 1. The van der Waals surface area contributed by atoms with E-state index < -0.39 is 10.0 Å². The number of pyridine rings is 1. The van der Waals surface area contributed by atoms with Crippen molar-refractivity contribution in [2.75, 3.05) is 6.54 Å². The van der Waals surface area contributed by atoms with Crippen LogP contribution in [0, 0.1) is 6.92 Å². The van der Waals surface area contributed by atoms with E-state index >= 15 is 0 Å². The van der Waals surface area contributed by atoms with Crippen molar-refractivity contribution in [2.24, 2.45) is 0 Å². The number of halogens is 1. The second-order valence-corrected chi connectivity index (χ2v) is 8.54. The van der Waals surface area contributed by atoms with Gasteiger partial charge in [0.2, 0.25) is 10.0 Å². The lowest BCUT2D eigenvalue weighted by Crippen LogP contribution is -2.26. The van der Waals surface area contributed by atoms with E-state index in [-0.39, 0.29) is 11.4 Å². The Morgan fingerprint density at radius 1 is 1.20 bits per heavy atom. The van der Waals surface area contributed by atoms with Gasteiger partial charge in [-0.3, -0.25) is 4.98 Å². The molecule has 0 atom stereocenters. The average Bonchev–Trinajstić information content (AvgIpc) is 3.07. The number of thiazole rings is 1. The Morgan fingerprint density at radius 2 is 1.96 bits per heavy atom. The van der Waals surface area contributed by atoms with Crippen LogP contribution in [0.1, 0.15) is 10.6 Å². The number of nitrogens with one attached hydrogen (secondary N) is 1. The quantitative estimate of drug-likeness (QED) is 0.693. The van der Waals surface area contributed by atoms with Gasteiger partial charge in [0.05, 0.1) is 15.6 Å². The lowest BCUT2D eigenvalue weighted by atomic mass is 10.2. The van der Waals surface area contributed by atoms with Crippen LogP contribution in [-0.2, 0) is 16.4 Å². The average molecular weight is 394 g/mol. The fraction of sp³-hybridized carbons (Fsp3) is 0.176. The van der Waals surface area contributed by atoms with Crippen LogP contribution in [0.4, 0.5) is 0 Å². The van der Waals surface area contributed by atoms with Gasteiger partial charge in [0.15, 0.2) is 0 Å². The normalized spacial score (nSPS) is 11.6. The Morgan fingerprint density at radius 3 is 2.68 bits per heavy atom. The molecule has 0 aliphatic carbocycles. The molecule has 0 amide bonds. The van der Waals surface area contributed by atoms with Crippen molar-refractivity contribution in [1.29, 1.82) is 0 Å². The molecule has 3 rings (SSSR count). The summed E-state index contributed by atoms with van der Waals surface area (Å²) >= 11 is 7.51. The van der Waals surface area contributed by atoms with Crippen molar-refractivity contribution >= 4 is 33.0 Å². The predicted octanol–water partition coefficient (Wildman–Crippen LogP) is 3.69. The topological polar surface area (TPSA) is 72.0 Å². The maximum absolute atomic E-state index is 12.3. The highest BCUT2D eigenvalue weighted by molar-refractivity contribution is 7.89. The van der Waals surface area contributed by atoms with E-state index in [1.807, 2.05) is 24.4 Å². The molecule has 0 bridgehead atoms. The number of sulfonamides is 1. The minimum atomic E-state index is -3.58. The number of nitrogens with zero attached hydrogens (tertiary/aromatic N) is 2. The highest BCUT2D eigenvalue weighted by atomic mass is 35.5. The molecule has 8 heteroatoms. The molecular weight excluding hydrogens is 378 g/mol. The van der Waals surface area contributed by atoms with E-state index in [2.05, 4.69) is 14.7 Å². The van der Waals surface area contributed by atoms with Crippen molar-refractivity contribution in [1.82, 2.24) is 14.7 Å². The van der Waals surface area contributed by atoms with Gasteiger partial charge in [0.1, 0.15) is 0 Å². The molecule has 2 aromatic heterocycles. The second-order valence-electron chi connectivity index (χ2n) is 5.42. The van der Waals surface area contributed by atoms with Crippen LogP contribution in [0.2, 0.25) is 5.02 Å². The number of rotatable bonds is 6. The van der Waals surface area contributed by atoms with E-state index in [1.165, 1.54) is 17.4 Å². The molecule has 2 heterocycles. The first-order valence-electron chi connectivity index (χ1n) is 7.56. The fourth-order valence-electron chi connectivity index (χ4n) is 2.20. The maximum atomic E-state index is 12.3. The molecule has 1 aromatic carbocycles. The van der Waals surface area contributed by atoms with Crippen molar-refractivity contribution < 1.29 is 8.42 Å². The van der Waals surface area contributed by atoms with Crippen LogP contribution < -0.4 is 4.72 Å². The molecule has 3 aromatic rings. The molecule has 0 fully saturated rings. The molecule has 130 valence electrons. The van der Waals surface area contributed by atoms with Crippen molar-refractivity contribution in [3.63, 3.8) is 0 Å². The minimum absolute atomic E-state index is 0.166. The van der Waals surface area contributed by atoms with Crippen LogP contribution >= 0.6 is 22.9 Å². The first-order chi connectivity index (χ1) is 12.0. The molecule has 0 spiro atoms. The Bertz CT molecular complexity index is 973. The van der Waals surface area contributed by atoms with Gasteiger partial charge in [0.25, 0.3) is 0 Å². The molecule has 1 N–H and O–H groups in total. The summed E-state index contributed by atoms with van der Waals surface area (Å²) < 4.78 is 27.2. The summed E-state index contributed by atoms with van der Waals surface area (Å²) in [4.78, 5) is 8.68. The van der Waals surface area contributed by atoms with Gasteiger partial charge >= 0.3 is 0 Å². The Hall–Kier alpha value is -1.80. The first-order valence-corrected chi connectivity index (χ1v) is 10.3. The van der Waals surface area contributed by atoms with E-state index in [0.29, 0.717) is 11.4 Å². The summed E-state index contributed by atoms with van der Waals surface area (Å²) in [6, 6.07) is 8.49. The Balaban J connectivity index is 1.63. The van der Waals surface area contributed by atoms with Crippen LogP contribution in [0.3, 0.4) is 0 Å². The van der Waals surface area contributed by atoms with E-state index in [4.69, 9.17) is 11.6 Å². The van der Waals surface area contributed by atoms with E-state index in [1.54, 1.807) is 24.5 Å². The third kappa shape index (κ3) is 4.43. The standard InChI is InChI=1S/C17H16ClN3O2S2/c1-12-2-3-14(10-15(12)18)25(22,23)20-9-6-17-21-16(11-24-17)13-4-7-19-8-5-13/h2-5,7-8,10-11,20H,6,9H2,1H3. The monoisotopic (exact) mass is 393 g/mol. The van der Waals surface area contributed by atoms with Crippen molar-refractivity contribution in [3.8, 4) is 11.3 Å². The highest BCUT2D eigenvalue weighted by Crippen LogP contribution is 2.22. The number of aromatic nitrogens is 2. The molecule has 0 unspecified atom stereocenters. The molecule has 25 heavy (non-hydrogen) atoms. The van der Waals surface area contributed by atoms with Crippen LogP contribution in [0.25, 0.3) is 11.3 Å². The Labute approximate surface area is 155 Å². The predicted molar refractivity (Wildman–Crippen MR) is 100 cm³/mol. The third-order valence-electron chi connectivity index (χ3n) is 3.61. The van der Waals surface area contributed by atoms with Gasteiger partial charge in [-0.2, -0.15) is 0 Å². The summed E-state index contributed by atoms with van der Waals surface area (Å²) in [6.45, 7) is 2.10. The van der Waals surface area contributed by atoms with Gasteiger partial charge in [-0.25, -0.2) is 18.1 Å². The summed E-state index contributed by atoms with van der Waals surface area (Å²) in [5.41, 5.74) is 2.70. The zero-order chi connectivity index (χ0) is 17.9. The van der Waals surface area contributed by atoms with Gasteiger partial charge in [-0.15, -0.1) is 11.3 Å². The van der Waals surface area contributed by atoms with E-state index in [9.17, 15) is 8.42 Å². The maximum Gasteiger partial charge on any atom is 0.240 e. The van der Waals surface area contributed by atoms with Crippen molar-refractivity contribution in [3.05, 3.63) is 63.7 Å². The smallest absolute Gasteiger partial charge is 0.240 e. The van der Waals surface area contributed by atoms with Crippen LogP contribution in [0.5, 0.6) is 0 Å². The molecule has 0 aliphatic heterocycles. The molecule has 0 radical (unpaired) electrons. The van der Waals surface area contributed by atoms with Crippen molar-refractivity contribution in [2.45, 2.75) is 18.2 Å². The van der Waals surface area contributed by atoms with Crippen LogP contribution in [-0.4, -0.2) is 24.9 Å². The largest absolute Gasteiger partial charge is 0.265 e. The van der Waals surface area contributed by atoms with Gasteiger partial charge < -0.3 is 0 Å². The summed E-state index contributed by atoms with van der Waals surface area (Å²) in [7, 11) is -3.58. The van der Waals surface area contributed by atoms with Gasteiger partial charge in [0, 0.05) is 41.3 Å². The zero-order valence-corrected chi connectivity index (χ0v) is 15.8. The van der Waals surface area contributed by atoms with Crippen LogP contribution in [0.15, 0.2) is 53.0 Å². The first kappa shape index (κ1) is 18.0. The summed E-state index contributed by atoms with van der Waals surface area (Å²) in [6.07, 6.45) is 3.96. The second kappa shape index (κ2) is 7.61. The minimum Gasteiger partial charge on any atom is -0.265 e. The molecular formula is C17H16ClN3O2S2. The zero-order valence-electron chi connectivity index (χ0n) is 13.4. The molecule has 5 nitrogen and oxygen atoms in total. The number of hydrogen-bond acceptors (Lipinski definition) is 5. The summed E-state index contributed by atoms with van der Waals surface area (Å²) in [5.74, 6) is 0. The number of hydrogen-bond donors (Lipinski definition) is 1. The molecule has 0 aliphatic rings. The number of aryl methyl sites for hydroxylation is 1.